The van der Waals surface area contributed by atoms with Crippen LogP contribution in [-0.2, 0) is 4.79 Å². The first-order valence-electron chi connectivity index (χ1n) is 5.75. The molecule has 0 spiro atoms. The molecule has 0 saturated carbocycles. The van der Waals surface area contributed by atoms with Gasteiger partial charge in [-0.25, -0.2) is 4.39 Å². The van der Waals surface area contributed by atoms with E-state index in [-0.39, 0.29) is 28.8 Å². The van der Waals surface area contributed by atoms with Gasteiger partial charge in [0.25, 0.3) is 5.69 Å². The standard InChI is InChI=1S/C12H12BrFN2O3/c1-7-9(14)2-3-10(16(18)19)12(7)15-6-8(5-13)4-11(15)17/h2-3,8H,4-6H2,1H3. The molecule has 1 fully saturated rings. The van der Waals surface area contributed by atoms with Gasteiger partial charge in [-0.2, -0.15) is 0 Å². The Morgan fingerprint density at radius 3 is 2.79 bits per heavy atom. The van der Waals surface area contributed by atoms with Crippen molar-refractivity contribution >= 4 is 33.2 Å². The van der Waals surface area contributed by atoms with Crippen LogP contribution in [0.5, 0.6) is 0 Å². The van der Waals surface area contributed by atoms with Crippen LogP contribution in [-0.4, -0.2) is 22.7 Å². The highest BCUT2D eigenvalue weighted by Crippen LogP contribution is 2.37. The minimum Gasteiger partial charge on any atom is -0.306 e. The van der Waals surface area contributed by atoms with Crippen molar-refractivity contribution in [1.82, 2.24) is 0 Å². The number of hydrogen-bond acceptors (Lipinski definition) is 3. The summed E-state index contributed by atoms with van der Waals surface area (Å²) in [4.78, 5) is 23.7. The first-order valence-corrected chi connectivity index (χ1v) is 6.87. The molecule has 1 saturated heterocycles. The summed E-state index contributed by atoms with van der Waals surface area (Å²) in [5, 5.41) is 11.7. The lowest BCUT2D eigenvalue weighted by molar-refractivity contribution is -0.384. The second-order valence-corrected chi connectivity index (χ2v) is 5.17. The van der Waals surface area contributed by atoms with Crippen LogP contribution in [0, 0.1) is 28.8 Å². The van der Waals surface area contributed by atoms with E-state index in [2.05, 4.69) is 15.9 Å². The smallest absolute Gasteiger partial charge is 0.293 e. The SMILES string of the molecule is Cc1c(F)ccc([N+](=O)[O-])c1N1CC(CBr)CC1=O. The van der Waals surface area contributed by atoms with Gasteiger partial charge in [-0.05, 0) is 18.9 Å². The van der Waals surface area contributed by atoms with Crippen molar-refractivity contribution < 1.29 is 14.1 Å². The molecule has 0 radical (unpaired) electrons. The van der Waals surface area contributed by atoms with Crippen molar-refractivity contribution in [1.29, 1.82) is 0 Å². The molecule has 7 heteroatoms. The number of hydrogen-bond donors (Lipinski definition) is 0. The third-order valence-corrected chi connectivity index (χ3v) is 4.15. The summed E-state index contributed by atoms with van der Waals surface area (Å²) < 4.78 is 13.6. The second-order valence-electron chi connectivity index (χ2n) is 4.53. The Morgan fingerprint density at radius 1 is 1.58 bits per heavy atom. The predicted molar refractivity (Wildman–Crippen MR) is 72.0 cm³/mol. The Bertz CT molecular complexity index is 550. The molecule has 0 aromatic heterocycles. The zero-order valence-electron chi connectivity index (χ0n) is 10.2. The van der Waals surface area contributed by atoms with Gasteiger partial charge in [0.2, 0.25) is 5.91 Å². The lowest BCUT2D eigenvalue weighted by atomic mass is 10.1. The second kappa shape index (κ2) is 5.24. The van der Waals surface area contributed by atoms with E-state index in [0.717, 1.165) is 12.1 Å². The summed E-state index contributed by atoms with van der Waals surface area (Å²) in [6.07, 6.45) is 0.318. The van der Waals surface area contributed by atoms with E-state index in [0.29, 0.717) is 18.3 Å². The molecule has 5 nitrogen and oxygen atoms in total. The average molecular weight is 331 g/mol. The summed E-state index contributed by atoms with van der Waals surface area (Å²) in [6, 6.07) is 2.16. The van der Waals surface area contributed by atoms with Crippen LogP contribution in [0.15, 0.2) is 12.1 Å². The number of carbonyl (C=O) groups is 1. The Morgan fingerprint density at radius 2 is 2.26 bits per heavy atom. The van der Waals surface area contributed by atoms with Gasteiger partial charge >= 0.3 is 0 Å². The number of anilines is 1. The van der Waals surface area contributed by atoms with E-state index in [1.165, 1.54) is 11.8 Å². The Hall–Kier alpha value is -1.50. The summed E-state index contributed by atoms with van der Waals surface area (Å²) >= 11 is 3.30. The molecule has 102 valence electrons. The third kappa shape index (κ3) is 2.47. The molecule has 1 amide bonds. The number of benzene rings is 1. The fourth-order valence-electron chi connectivity index (χ4n) is 2.25. The van der Waals surface area contributed by atoms with Gasteiger partial charge in [-0.15, -0.1) is 0 Å². The van der Waals surface area contributed by atoms with Gasteiger partial charge in [0, 0.05) is 29.9 Å². The zero-order valence-corrected chi connectivity index (χ0v) is 11.8. The van der Waals surface area contributed by atoms with Crippen molar-refractivity contribution in [2.24, 2.45) is 5.92 Å². The molecule has 2 rings (SSSR count). The van der Waals surface area contributed by atoms with Crippen LogP contribution >= 0.6 is 15.9 Å². The first kappa shape index (κ1) is 13.9. The zero-order chi connectivity index (χ0) is 14.2. The van der Waals surface area contributed by atoms with Crippen LogP contribution < -0.4 is 4.90 Å². The Kier molecular flexibility index (Phi) is 3.84. The van der Waals surface area contributed by atoms with Gasteiger partial charge in [0.15, 0.2) is 0 Å². The maximum atomic E-state index is 13.6. The van der Waals surface area contributed by atoms with E-state index < -0.39 is 10.7 Å². The van der Waals surface area contributed by atoms with Crippen LogP contribution in [0.3, 0.4) is 0 Å². The molecule has 0 bridgehead atoms. The molecule has 1 aliphatic rings. The van der Waals surface area contributed by atoms with E-state index in [1.54, 1.807) is 0 Å². The summed E-state index contributed by atoms with van der Waals surface area (Å²) in [7, 11) is 0. The highest BCUT2D eigenvalue weighted by molar-refractivity contribution is 9.09. The molecule has 1 aromatic rings. The quantitative estimate of drug-likeness (QED) is 0.486. The van der Waals surface area contributed by atoms with Crippen molar-refractivity contribution in [3.05, 3.63) is 33.6 Å². The monoisotopic (exact) mass is 330 g/mol. The molecular weight excluding hydrogens is 319 g/mol. The van der Waals surface area contributed by atoms with E-state index in [4.69, 9.17) is 0 Å². The van der Waals surface area contributed by atoms with Crippen molar-refractivity contribution in [3.63, 3.8) is 0 Å². The predicted octanol–water partition coefficient (Wildman–Crippen LogP) is 2.79. The first-order chi connectivity index (χ1) is 8.95. The number of nitro groups is 1. The molecule has 1 unspecified atom stereocenters. The lowest BCUT2D eigenvalue weighted by Gasteiger charge is -2.19. The normalized spacial score (nSPS) is 19.0. The van der Waals surface area contributed by atoms with Crippen LogP contribution in [0.2, 0.25) is 0 Å². The van der Waals surface area contributed by atoms with Gasteiger partial charge in [0.1, 0.15) is 11.5 Å². The molecule has 0 aliphatic carbocycles. The summed E-state index contributed by atoms with van der Waals surface area (Å²) in [5.41, 5.74) is -0.0151. The van der Waals surface area contributed by atoms with Crippen molar-refractivity contribution in [2.75, 3.05) is 16.8 Å². The fraction of sp³-hybridized carbons (Fsp3) is 0.417. The molecule has 1 heterocycles. The van der Waals surface area contributed by atoms with Crippen LogP contribution in [0.1, 0.15) is 12.0 Å². The maximum Gasteiger partial charge on any atom is 0.293 e. The van der Waals surface area contributed by atoms with E-state index >= 15 is 0 Å². The molecular formula is C12H12BrFN2O3. The minimum atomic E-state index is -0.587. The molecule has 1 aliphatic heterocycles. The number of rotatable bonds is 3. The molecule has 1 atom stereocenters. The van der Waals surface area contributed by atoms with Crippen LogP contribution in [0.25, 0.3) is 0 Å². The topological polar surface area (TPSA) is 63.5 Å². The van der Waals surface area contributed by atoms with Crippen LogP contribution in [0.4, 0.5) is 15.8 Å². The number of amides is 1. The van der Waals surface area contributed by atoms with Crippen molar-refractivity contribution in [3.8, 4) is 0 Å². The number of nitrogens with zero attached hydrogens (tertiary/aromatic N) is 2. The molecule has 19 heavy (non-hydrogen) atoms. The summed E-state index contributed by atoms with van der Waals surface area (Å²) in [6.45, 7) is 1.82. The fourth-order valence-corrected chi connectivity index (χ4v) is 2.68. The largest absolute Gasteiger partial charge is 0.306 e. The highest BCUT2D eigenvalue weighted by atomic mass is 79.9. The lowest BCUT2D eigenvalue weighted by Crippen LogP contribution is -2.26. The van der Waals surface area contributed by atoms with Gasteiger partial charge < -0.3 is 4.90 Å². The number of alkyl halides is 1. The van der Waals surface area contributed by atoms with E-state index in [1.807, 2.05) is 0 Å². The molecule has 0 N–H and O–H groups in total. The van der Waals surface area contributed by atoms with Gasteiger partial charge in [-0.3, -0.25) is 14.9 Å². The van der Waals surface area contributed by atoms with Crippen molar-refractivity contribution in [2.45, 2.75) is 13.3 Å². The summed E-state index contributed by atoms with van der Waals surface area (Å²) in [5.74, 6) is -0.660. The molecule has 1 aromatic carbocycles. The van der Waals surface area contributed by atoms with Gasteiger partial charge in [0.05, 0.1) is 4.92 Å². The Balaban J connectivity index is 2.52. The minimum absolute atomic E-state index is 0.0819. The van der Waals surface area contributed by atoms with E-state index in [9.17, 15) is 19.3 Å². The van der Waals surface area contributed by atoms with Gasteiger partial charge in [-0.1, -0.05) is 15.9 Å². The number of carbonyl (C=O) groups excluding carboxylic acids is 1. The number of nitro benzene ring substituents is 1. The highest BCUT2D eigenvalue weighted by Gasteiger charge is 2.35. The Labute approximate surface area is 117 Å². The maximum absolute atomic E-state index is 13.6. The number of halogens is 2. The third-order valence-electron chi connectivity index (χ3n) is 3.23. The average Bonchev–Trinajstić information content (AvgIpc) is 2.73.